The number of sulfonamides is 1. The molecule has 7 heteroatoms. The molecule has 0 unspecified atom stereocenters. The highest BCUT2D eigenvalue weighted by molar-refractivity contribution is 9.10. The van der Waals surface area contributed by atoms with E-state index in [1.165, 1.54) is 6.07 Å². The Morgan fingerprint density at radius 2 is 1.90 bits per heavy atom. The minimum Gasteiger partial charge on any atom is -0.398 e. The first-order chi connectivity index (χ1) is 9.31. The van der Waals surface area contributed by atoms with E-state index in [0.29, 0.717) is 16.9 Å². The Kier molecular flexibility index (Phi) is 4.01. The number of benzene rings is 1. The van der Waals surface area contributed by atoms with Crippen molar-refractivity contribution in [3.63, 3.8) is 0 Å². The van der Waals surface area contributed by atoms with Crippen LogP contribution in [0, 0.1) is 13.8 Å². The number of halogens is 1. The van der Waals surface area contributed by atoms with Gasteiger partial charge in [0.1, 0.15) is 5.82 Å². The third kappa shape index (κ3) is 2.94. The van der Waals surface area contributed by atoms with Gasteiger partial charge in [-0.05, 0) is 59.6 Å². The van der Waals surface area contributed by atoms with Crippen LogP contribution < -0.4 is 10.5 Å². The number of anilines is 2. The predicted octanol–water partition coefficient (Wildman–Crippen LogP) is 2.84. The number of nitrogens with zero attached hydrogens (tertiary/aromatic N) is 1. The van der Waals surface area contributed by atoms with Crippen molar-refractivity contribution in [3.8, 4) is 0 Å². The van der Waals surface area contributed by atoms with Gasteiger partial charge in [-0.2, -0.15) is 0 Å². The maximum Gasteiger partial charge on any atom is 0.263 e. The number of rotatable bonds is 3. The molecule has 0 saturated heterocycles. The first-order valence-corrected chi connectivity index (χ1v) is 8.10. The van der Waals surface area contributed by atoms with Crippen molar-refractivity contribution in [1.29, 1.82) is 0 Å². The normalized spacial score (nSPS) is 11.3. The fourth-order valence-corrected chi connectivity index (χ4v) is 3.21. The zero-order valence-electron chi connectivity index (χ0n) is 11.0. The molecule has 0 spiro atoms. The lowest BCUT2D eigenvalue weighted by Gasteiger charge is -2.11. The van der Waals surface area contributed by atoms with Crippen LogP contribution in [0.25, 0.3) is 0 Å². The third-order valence-electron chi connectivity index (χ3n) is 2.88. The van der Waals surface area contributed by atoms with Gasteiger partial charge >= 0.3 is 0 Å². The quantitative estimate of drug-likeness (QED) is 0.829. The van der Waals surface area contributed by atoms with E-state index in [1.54, 1.807) is 38.1 Å². The summed E-state index contributed by atoms with van der Waals surface area (Å²) < 4.78 is 28.0. The Bertz CT molecular complexity index is 760. The molecule has 0 aliphatic heterocycles. The van der Waals surface area contributed by atoms with Gasteiger partial charge in [0.05, 0.1) is 10.6 Å². The number of pyridine rings is 1. The van der Waals surface area contributed by atoms with Crippen LogP contribution in [0.3, 0.4) is 0 Å². The number of nitrogens with two attached hydrogens (primary N) is 1. The second-order valence-corrected chi connectivity index (χ2v) is 6.84. The molecule has 0 atom stereocenters. The number of nitrogens with one attached hydrogen (secondary N) is 1. The summed E-state index contributed by atoms with van der Waals surface area (Å²) in [5.74, 6) is 0.271. The minimum absolute atomic E-state index is 0.153. The van der Waals surface area contributed by atoms with Crippen LogP contribution >= 0.6 is 15.9 Å². The van der Waals surface area contributed by atoms with E-state index in [2.05, 4.69) is 25.6 Å². The summed E-state index contributed by atoms with van der Waals surface area (Å²) in [6, 6.07) is 8.12. The molecule has 5 nitrogen and oxygen atoms in total. The van der Waals surface area contributed by atoms with Crippen LogP contribution in [0.5, 0.6) is 0 Å². The summed E-state index contributed by atoms with van der Waals surface area (Å²) in [6.45, 7) is 3.46. The van der Waals surface area contributed by atoms with Crippen LogP contribution in [-0.2, 0) is 10.0 Å². The van der Waals surface area contributed by atoms with Crippen molar-refractivity contribution in [2.45, 2.75) is 18.7 Å². The predicted molar refractivity (Wildman–Crippen MR) is 83.1 cm³/mol. The molecule has 106 valence electrons. The second-order valence-electron chi connectivity index (χ2n) is 4.34. The standard InChI is InChI=1S/C13H14BrN3O2S/c1-8-11(15)4-3-5-12(8)20(18,19)17-13-7-6-10(14)9(2)16-13/h3-7H,15H2,1-2H3,(H,16,17). The van der Waals surface area contributed by atoms with Crippen LogP contribution in [0.15, 0.2) is 39.7 Å². The third-order valence-corrected chi connectivity index (χ3v) is 5.21. The van der Waals surface area contributed by atoms with Gasteiger partial charge in [-0.25, -0.2) is 13.4 Å². The van der Waals surface area contributed by atoms with Gasteiger partial charge < -0.3 is 5.73 Å². The van der Waals surface area contributed by atoms with E-state index in [9.17, 15) is 8.42 Å². The molecule has 1 heterocycles. The minimum atomic E-state index is -3.70. The maximum atomic E-state index is 12.4. The first kappa shape index (κ1) is 14.8. The molecule has 3 N–H and O–H groups in total. The molecule has 1 aromatic heterocycles. The topological polar surface area (TPSA) is 85.1 Å². The van der Waals surface area contributed by atoms with Gasteiger partial charge in [0, 0.05) is 10.2 Å². The fourth-order valence-electron chi connectivity index (χ4n) is 1.72. The summed E-state index contributed by atoms with van der Waals surface area (Å²) in [4.78, 5) is 4.32. The molecule has 0 radical (unpaired) electrons. The van der Waals surface area contributed by atoms with Gasteiger partial charge in [-0.1, -0.05) is 6.07 Å². The average Bonchev–Trinajstić information content (AvgIpc) is 2.36. The van der Waals surface area contributed by atoms with E-state index in [4.69, 9.17) is 5.73 Å². The Hall–Kier alpha value is -1.60. The summed E-state index contributed by atoms with van der Waals surface area (Å²) in [5.41, 5.74) is 7.40. The van der Waals surface area contributed by atoms with E-state index in [1.807, 2.05) is 0 Å². The van der Waals surface area contributed by atoms with E-state index in [0.717, 1.165) is 4.47 Å². The molecule has 0 amide bonds. The van der Waals surface area contributed by atoms with E-state index >= 15 is 0 Å². The molecular weight excluding hydrogens is 342 g/mol. The Morgan fingerprint density at radius 3 is 2.55 bits per heavy atom. The number of nitrogen functional groups attached to an aromatic ring is 1. The van der Waals surface area contributed by atoms with Gasteiger partial charge in [0.15, 0.2) is 0 Å². The van der Waals surface area contributed by atoms with Gasteiger partial charge in [-0.3, -0.25) is 4.72 Å². The molecule has 0 saturated carbocycles. The number of hydrogen-bond donors (Lipinski definition) is 2. The molecule has 0 aliphatic rings. The average molecular weight is 356 g/mol. The fraction of sp³-hybridized carbons (Fsp3) is 0.154. The zero-order chi connectivity index (χ0) is 14.9. The van der Waals surface area contributed by atoms with Crippen LogP contribution in [-0.4, -0.2) is 13.4 Å². The van der Waals surface area contributed by atoms with Crippen LogP contribution in [0.4, 0.5) is 11.5 Å². The molecule has 0 fully saturated rings. The van der Waals surface area contributed by atoms with Gasteiger partial charge in [0.25, 0.3) is 10.0 Å². The van der Waals surface area contributed by atoms with Crippen molar-refractivity contribution < 1.29 is 8.42 Å². The van der Waals surface area contributed by atoms with E-state index in [-0.39, 0.29) is 10.7 Å². The highest BCUT2D eigenvalue weighted by atomic mass is 79.9. The summed E-state index contributed by atoms with van der Waals surface area (Å²) >= 11 is 3.32. The Morgan fingerprint density at radius 1 is 1.20 bits per heavy atom. The molecule has 2 aromatic rings. The molecule has 2 rings (SSSR count). The SMILES string of the molecule is Cc1nc(NS(=O)(=O)c2cccc(N)c2C)ccc1Br. The lowest BCUT2D eigenvalue weighted by atomic mass is 10.2. The Balaban J connectivity index is 2.41. The van der Waals surface area contributed by atoms with Gasteiger partial charge in [-0.15, -0.1) is 0 Å². The first-order valence-electron chi connectivity index (χ1n) is 5.82. The van der Waals surface area contributed by atoms with Crippen LogP contribution in [0.1, 0.15) is 11.3 Å². The van der Waals surface area contributed by atoms with Crippen molar-refractivity contribution in [3.05, 3.63) is 46.1 Å². The lowest BCUT2D eigenvalue weighted by molar-refractivity contribution is 0.600. The van der Waals surface area contributed by atoms with Crippen molar-refractivity contribution in [2.24, 2.45) is 0 Å². The van der Waals surface area contributed by atoms with Gasteiger partial charge in [0.2, 0.25) is 0 Å². The summed E-state index contributed by atoms with van der Waals surface area (Å²) in [6.07, 6.45) is 0. The second kappa shape index (κ2) is 5.41. The molecule has 0 bridgehead atoms. The summed E-state index contributed by atoms with van der Waals surface area (Å²) in [5, 5.41) is 0. The maximum absolute atomic E-state index is 12.4. The van der Waals surface area contributed by atoms with Crippen molar-refractivity contribution in [1.82, 2.24) is 4.98 Å². The number of hydrogen-bond acceptors (Lipinski definition) is 4. The molecule has 0 aliphatic carbocycles. The largest absolute Gasteiger partial charge is 0.398 e. The van der Waals surface area contributed by atoms with Crippen molar-refractivity contribution in [2.75, 3.05) is 10.5 Å². The number of aromatic nitrogens is 1. The molecule has 20 heavy (non-hydrogen) atoms. The smallest absolute Gasteiger partial charge is 0.263 e. The van der Waals surface area contributed by atoms with E-state index < -0.39 is 10.0 Å². The summed E-state index contributed by atoms with van der Waals surface area (Å²) in [7, 11) is -3.70. The van der Waals surface area contributed by atoms with Crippen molar-refractivity contribution >= 4 is 37.5 Å². The molecular formula is C13H14BrN3O2S. The lowest BCUT2D eigenvalue weighted by Crippen LogP contribution is -2.16. The monoisotopic (exact) mass is 355 g/mol. The van der Waals surface area contributed by atoms with Crippen LogP contribution in [0.2, 0.25) is 0 Å². The highest BCUT2D eigenvalue weighted by Crippen LogP contribution is 2.23. The highest BCUT2D eigenvalue weighted by Gasteiger charge is 2.18. The molecule has 1 aromatic carbocycles. The zero-order valence-corrected chi connectivity index (χ0v) is 13.4. The number of aryl methyl sites for hydroxylation is 1. The Labute approximate surface area is 126 Å².